The smallest absolute Gasteiger partial charge is 0.140 e. The molecule has 1 aliphatic heterocycles. The Morgan fingerprint density at radius 2 is 2.38 bits per heavy atom. The number of fused-ring (bicyclic) bond motifs is 1. The van der Waals surface area contributed by atoms with Gasteiger partial charge < -0.3 is 14.7 Å². The first-order valence-corrected chi connectivity index (χ1v) is 8.49. The number of H-pyrrole nitrogens is 1. The Labute approximate surface area is 141 Å². The number of nitrogens with one attached hydrogen (secondary N) is 1. The van der Waals surface area contributed by atoms with Crippen LogP contribution >= 0.6 is 0 Å². The van der Waals surface area contributed by atoms with Crippen molar-refractivity contribution >= 4 is 17.3 Å². The van der Waals surface area contributed by atoms with Crippen molar-refractivity contribution in [2.45, 2.75) is 26.2 Å². The maximum absolute atomic E-state index is 11.0. The fourth-order valence-electron chi connectivity index (χ4n) is 3.84. The zero-order valence-electron chi connectivity index (χ0n) is 14.1. The number of nitriles is 1. The molecular weight excluding hydrogens is 302 g/mol. The SMILES string of the molecule is C[C@@H]1CCN(CC(C#N)C=O)CC1[C@@H](C)c1ncnc2[nH]ccc12. The number of likely N-dealkylation sites (tertiary alicyclic amines) is 1. The Hall–Kier alpha value is -2.26. The van der Waals surface area contributed by atoms with Crippen LogP contribution in [0.5, 0.6) is 0 Å². The van der Waals surface area contributed by atoms with E-state index in [-0.39, 0.29) is 0 Å². The summed E-state index contributed by atoms with van der Waals surface area (Å²) in [6.45, 7) is 6.87. The lowest BCUT2D eigenvalue weighted by Gasteiger charge is -2.40. The third-order valence-electron chi connectivity index (χ3n) is 5.34. The van der Waals surface area contributed by atoms with Crippen LogP contribution in [0.3, 0.4) is 0 Å². The summed E-state index contributed by atoms with van der Waals surface area (Å²) in [5.41, 5.74) is 1.95. The average molecular weight is 325 g/mol. The highest BCUT2D eigenvalue weighted by molar-refractivity contribution is 5.78. The molecule has 3 heterocycles. The molecule has 24 heavy (non-hydrogen) atoms. The standard InChI is InChI=1S/C18H23N5O/c1-12-4-6-23(8-14(7-19)10-24)9-16(12)13(2)17-15-3-5-20-18(15)22-11-21-17/h3,5,10-14,16H,4,6,8-9H2,1-2H3,(H,20,21,22)/t12-,13-,14?,16?/m1/s1. The molecule has 4 atom stereocenters. The van der Waals surface area contributed by atoms with E-state index in [9.17, 15) is 4.79 Å². The van der Waals surface area contributed by atoms with Crippen molar-refractivity contribution in [3.63, 3.8) is 0 Å². The molecule has 6 nitrogen and oxygen atoms in total. The molecule has 1 fully saturated rings. The molecule has 1 saturated heterocycles. The normalized spacial score (nSPS) is 24.4. The zero-order chi connectivity index (χ0) is 17.1. The number of carbonyl (C=O) groups is 1. The number of rotatable bonds is 5. The highest BCUT2D eigenvalue weighted by Gasteiger charge is 2.33. The van der Waals surface area contributed by atoms with E-state index in [4.69, 9.17) is 5.26 Å². The largest absolute Gasteiger partial charge is 0.346 e. The summed E-state index contributed by atoms with van der Waals surface area (Å²) >= 11 is 0. The van der Waals surface area contributed by atoms with Crippen LogP contribution in [0.2, 0.25) is 0 Å². The summed E-state index contributed by atoms with van der Waals surface area (Å²) in [6.07, 6.45) is 5.35. The summed E-state index contributed by atoms with van der Waals surface area (Å²) < 4.78 is 0. The first-order valence-electron chi connectivity index (χ1n) is 8.49. The molecular formula is C18H23N5O. The van der Waals surface area contributed by atoms with Gasteiger partial charge >= 0.3 is 0 Å². The number of aromatic amines is 1. The highest BCUT2D eigenvalue weighted by atomic mass is 16.1. The van der Waals surface area contributed by atoms with Crippen LogP contribution in [0.1, 0.15) is 31.9 Å². The van der Waals surface area contributed by atoms with Crippen LogP contribution in [-0.2, 0) is 4.79 Å². The Kier molecular flexibility index (Phi) is 4.91. The predicted molar refractivity (Wildman–Crippen MR) is 91.2 cm³/mol. The maximum atomic E-state index is 11.0. The second-order valence-electron chi connectivity index (χ2n) is 6.85. The molecule has 0 radical (unpaired) electrons. The molecule has 0 saturated carbocycles. The second-order valence-corrected chi connectivity index (χ2v) is 6.85. The molecule has 0 spiro atoms. The van der Waals surface area contributed by atoms with Crippen LogP contribution < -0.4 is 0 Å². The van der Waals surface area contributed by atoms with Crippen molar-refractivity contribution in [1.29, 1.82) is 5.26 Å². The van der Waals surface area contributed by atoms with Gasteiger partial charge in [-0.25, -0.2) is 9.97 Å². The van der Waals surface area contributed by atoms with E-state index >= 15 is 0 Å². The minimum Gasteiger partial charge on any atom is -0.346 e. The van der Waals surface area contributed by atoms with E-state index in [1.807, 2.05) is 12.3 Å². The van der Waals surface area contributed by atoms with Gasteiger partial charge in [-0.1, -0.05) is 13.8 Å². The number of hydrogen-bond acceptors (Lipinski definition) is 5. The van der Waals surface area contributed by atoms with Gasteiger partial charge in [-0.2, -0.15) is 5.26 Å². The van der Waals surface area contributed by atoms with Gasteiger partial charge in [0.2, 0.25) is 0 Å². The topological polar surface area (TPSA) is 85.7 Å². The van der Waals surface area contributed by atoms with Gasteiger partial charge in [0.05, 0.1) is 11.8 Å². The Morgan fingerprint density at radius 3 is 3.12 bits per heavy atom. The van der Waals surface area contributed by atoms with Crippen molar-refractivity contribution < 1.29 is 4.79 Å². The summed E-state index contributed by atoms with van der Waals surface area (Å²) in [6, 6.07) is 4.10. The van der Waals surface area contributed by atoms with Gasteiger partial charge in [0.25, 0.3) is 0 Å². The molecule has 1 aliphatic rings. The minimum atomic E-state index is -0.537. The summed E-state index contributed by atoms with van der Waals surface area (Å²) in [5, 5.41) is 10.1. The van der Waals surface area contributed by atoms with Crippen LogP contribution in [0.4, 0.5) is 0 Å². The predicted octanol–water partition coefficient (Wildman–Crippen LogP) is 2.36. The van der Waals surface area contributed by atoms with E-state index in [0.29, 0.717) is 24.3 Å². The molecule has 2 aromatic heterocycles. The lowest BCUT2D eigenvalue weighted by atomic mass is 9.77. The van der Waals surface area contributed by atoms with Gasteiger partial charge in [0, 0.05) is 30.6 Å². The van der Waals surface area contributed by atoms with Gasteiger partial charge in [-0.3, -0.25) is 0 Å². The molecule has 2 aromatic rings. The lowest BCUT2D eigenvalue weighted by Crippen LogP contribution is -2.43. The monoisotopic (exact) mass is 325 g/mol. The van der Waals surface area contributed by atoms with Gasteiger partial charge in [-0.15, -0.1) is 0 Å². The van der Waals surface area contributed by atoms with Crippen molar-refractivity contribution in [3.8, 4) is 6.07 Å². The number of aromatic nitrogens is 3. The summed E-state index contributed by atoms with van der Waals surface area (Å²) in [4.78, 5) is 25.2. The van der Waals surface area contributed by atoms with E-state index in [0.717, 1.165) is 42.5 Å². The van der Waals surface area contributed by atoms with Crippen LogP contribution in [0.15, 0.2) is 18.6 Å². The maximum Gasteiger partial charge on any atom is 0.140 e. The average Bonchev–Trinajstić information content (AvgIpc) is 3.09. The number of nitrogens with zero attached hydrogens (tertiary/aromatic N) is 4. The molecule has 1 N–H and O–H groups in total. The van der Waals surface area contributed by atoms with E-state index in [2.05, 4.69) is 39.8 Å². The zero-order valence-corrected chi connectivity index (χ0v) is 14.1. The Balaban J connectivity index is 1.80. The number of aldehydes is 1. The first kappa shape index (κ1) is 16.6. The highest BCUT2D eigenvalue weighted by Crippen LogP contribution is 2.36. The lowest BCUT2D eigenvalue weighted by molar-refractivity contribution is -0.110. The molecule has 0 bridgehead atoms. The molecule has 0 amide bonds. The van der Waals surface area contributed by atoms with E-state index < -0.39 is 5.92 Å². The van der Waals surface area contributed by atoms with Crippen molar-refractivity contribution in [2.75, 3.05) is 19.6 Å². The third kappa shape index (κ3) is 3.17. The molecule has 2 unspecified atom stereocenters. The quantitative estimate of drug-likeness (QED) is 0.853. The molecule has 126 valence electrons. The molecule has 3 rings (SSSR count). The first-order chi connectivity index (χ1) is 11.6. The fourth-order valence-corrected chi connectivity index (χ4v) is 3.84. The summed E-state index contributed by atoms with van der Waals surface area (Å²) in [5.74, 6) is 0.778. The summed E-state index contributed by atoms with van der Waals surface area (Å²) in [7, 11) is 0. The Morgan fingerprint density at radius 1 is 1.54 bits per heavy atom. The second kappa shape index (κ2) is 7.10. The fraction of sp³-hybridized carbons (Fsp3) is 0.556. The van der Waals surface area contributed by atoms with Crippen molar-refractivity contribution in [3.05, 3.63) is 24.3 Å². The molecule has 0 aromatic carbocycles. The number of piperidine rings is 1. The van der Waals surface area contributed by atoms with Crippen LogP contribution in [0.25, 0.3) is 11.0 Å². The van der Waals surface area contributed by atoms with Crippen molar-refractivity contribution in [2.24, 2.45) is 17.8 Å². The van der Waals surface area contributed by atoms with Gasteiger partial charge in [0.15, 0.2) is 0 Å². The van der Waals surface area contributed by atoms with Crippen LogP contribution in [-0.4, -0.2) is 45.8 Å². The van der Waals surface area contributed by atoms with Gasteiger partial charge in [0.1, 0.15) is 24.2 Å². The molecule has 6 heteroatoms. The number of carbonyl (C=O) groups excluding carboxylic acids is 1. The van der Waals surface area contributed by atoms with E-state index in [1.54, 1.807) is 6.33 Å². The Bertz CT molecular complexity index is 749. The van der Waals surface area contributed by atoms with Crippen molar-refractivity contribution in [1.82, 2.24) is 19.9 Å². The number of hydrogen-bond donors (Lipinski definition) is 1. The molecule has 0 aliphatic carbocycles. The van der Waals surface area contributed by atoms with E-state index in [1.165, 1.54) is 0 Å². The van der Waals surface area contributed by atoms with Crippen LogP contribution in [0, 0.1) is 29.1 Å². The minimum absolute atomic E-state index is 0.292. The van der Waals surface area contributed by atoms with Gasteiger partial charge in [-0.05, 0) is 30.9 Å². The third-order valence-corrected chi connectivity index (χ3v) is 5.34.